The van der Waals surface area contributed by atoms with Gasteiger partial charge in [-0.3, -0.25) is 0 Å². The van der Waals surface area contributed by atoms with Crippen molar-refractivity contribution in [3.8, 4) is 11.5 Å². The third-order valence-corrected chi connectivity index (χ3v) is 2.89. The molecule has 1 aliphatic heterocycles. The average Bonchev–Trinajstić information content (AvgIpc) is 2.26. The first-order chi connectivity index (χ1) is 7.50. The highest BCUT2D eigenvalue weighted by Gasteiger charge is 2.21. The lowest BCUT2D eigenvalue weighted by atomic mass is 9.85. The van der Waals surface area contributed by atoms with Gasteiger partial charge in [0.1, 0.15) is 18.1 Å². The molecule has 1 aliphatic rings. The molecule has 0 saturated carbocycles. The fourth-order valence-electron chi connectivity index (χ4n) is 1.72. The van der Waals surface area contributed by atoms with E-state index in [-0.39, 0.29) is 5.41 Å². The summed E-state index contributed by atoms with van der Waals surface area (Å²) in [6.45, 7) is 7.29. The van der Waals surface area contributed by atoms with Crippen LogP contribution in [0.4, 0.5) is 0 Å². The number of ether oxygens (including phenoxy) is 2. The molecule has 0 bridgehead atoms. The van der Waals surface area contributed by atoms with E-state index in [4.69, 9.17) is 9.47 Å². The maximum absolute atomic E-state index is 5.74. The fourth-order valence-corrected chi connectivity index (χ4v) is 1.72. The van der Waals surface area contributed by atoms with Crippen molar-refractivity contribution >= 4 is 6.08 Å². The fraction of sp³-hybridized carbons (Fsp3) is 0.429. The molecular weight excluding hydrogens is 200 g/mol. The van der Waals surface area contributed by atoms with Crippen LogP contribution in [0.1, 0.15) is 26.3 Å². The molecule has 0 radical (unpaired) electrons. The molecule has 86 valence electrons. The molecular formula is C14H18O2. The first-order valence-electron chi connectivity index (χ1n) is 5.52. The Balaban J connectivity index is 2.41. The second-order valence-electron chi connectivity index (χ2n) is 5.11. The summed E-state index contributed by atoms with van der Waals surface area (Å²) >= 11 is 0. The zero-order valence-corrected chi connectivity index (χ0v) is 10.3. The van der Waals surface area contributed by atoms with Gasteiger partial charge in [0.15, 0.2) is 0 Å². The van der Waals surface area contributed by atoms with Gasteiger partial charge in [-0.15, -0.1) is 0 Å². The van der Waals surface area contributed by atoms with Crippen LogP contribution in [-0.2, 0) is 0 Å². The minimum absolute atomic E-state index is 0.154. The summed E-state index contributed by atoms with van der Waals surface area (Å²) in [5.74, 6) is 1.81. The molecule has 16 heavy (non-hydrogen) atoms. The van der Waals surface area contributed by atoms with Crippen molar-refractivity contribution in [3.05, 3.63) is 29.3 Å². The molecule has 1 heterocycles. The van der Waals surface area contributed by atoms with Crippen LogP contribution in [0, 0.1) is 5.41 Å². The van der Waals surface area contributed by atoms with Crippen molar-refractivity contribution in [3.63, 3.8) is 0 Å². The Bertz CT molecular complexity index is 425. The summed E-state index contributed by atoms with van der Waals surface area (Å²) in [5.41, 5.74) is 2.57. The van der Waals surface area contributed by atoms with Gasteiger partial charge in [0.2, 0.25) is 0 Å². The number of rotatable bonds is 1. The lowest BCUT2D eigenvalue weighted by Gasteiger charge is -2.27. The molecule has 0 saturated heterocycles. The highest BCUT2D eigenvalue weighted by Crippen LogP contribution is 2.35. The molecule has 0 atom stereocenters. The average molecular weight is 218 g/mol. The first kappa shape index (κ1) is 11.1. The molecule has 1 aromatic carbocycles. The monoisotopic (exact) mass is 218 g/mol. The topological polar surface area (TPSA) is 18.5 Å². The zero-order valence-electron chi connectivity index (χ0n) is 10.3. The van der Waals surface area contributed by atoms with E-state index in [0.29, 0.717) is 6.61 Å². The normalized spacial score (nSPS) is 14.9. The zero-order chi connectivity index (χ0) is 11.8. The van der Waals surface area contributed by atoms with E-state index >= 15 is 0 Å². The van der Waals surface area contributed by atoms with E-state index in [1.165, 1.54) is 5.57 Å². The van der Waals surface area contributed by atoms with E-state index < -0.39 is 0 Å². The van der Waals surface area contributed by atoms with E-state index in [9.17, 15) is 0 Å². The Kier molecular flexibility index (Phi) is 2.66. The van der Waals surface area contributed by atoms with Gasteiger partial charge >= 0.3 is 0 Å². The molecule has 0 unspecified atom stereocenters. The van der Waals surface area contributed by atoms with Crippen LogP contribution in [-0.4, -0.2) is 13.7 Å². The predicted octanol–water partition coefficient (Wildman–Crippen LogP) is 3.52. The second kappa shape index (κ2) is 3.85. The van der Waals surface area contributed by atoms with Gasteiger partial charge in [0, 0.05) is 5.56 Å². The molecule has 0 fully saturated rings. The Labute approximate surface area is 96.9 Å². The maximum Gasteiger partial charge on any atom is 0.127 e. The molecule has 2 rings (SSSR count). The molecule has 2 heteroatoms. The predicted molar refractivity (Wildman–Crippen MR) is 65.9 cm³/mol. The minimum Gasteiger partial charge on any atom is -0.497 e. The van der Waals surface area contributed by atoms with Crippen LogP contribution in [0.5, 0.6) is 11.5 Å². The molecule has 2 nitrogen and oxygen atoms in total. The maximum atomic E-state index is 5.74. The lowest BCUT2D eigenvalue weighted by molar-refractivity contribution is 0.309. The van der Waals surface area contributed by atoms with Gasteiger partial charge in [0.25, 0.3) is 0 Å². The summed E-state index contributed by atoms with van der Waals surface area (Å²) in [6, 6.07) is 5.90. The Morgan fingerprint density at radius 3 is 2.62 bits per heavy atom. The summed E-state index contributed by atoms with van der Waals surface area (Å²) in [7, 11) is 1.68. The molecule has 0 amide bonds. The van der Waals surface area contributed by atoms with Crippen molar-refractivity contribution in [1.82, 2.24) is 0 Å². The Hall–Kier alpha value is -1.44. The van der Waals surface area contributed by atoms with Gasteiger partial charge in [-0.1, -0.05) is 20.8 Å². The van der Waals surface area contributed by atoms with E-state index in [1.807, 2.05) is 18.2 Å². The number of fused-ring (bicyclic) bond motifs is 1. The quantitative estimate of drug-likeness (QED) is 0.718. The van der Waals surface area contributed by atoms with Crippen LogP contribution in [0.25, 0.3) is 6.08 Å². The van der Waals surface area contributed by atoms with Crippen molar-refractivity contribution in [2.75, 3.05) is 13.7 Å². The number of hydrogen-bond acceptors (Lipinski definition) is 2. The lowest BCUT2D eigenvalue weighted by Crippen LogP contribution is -2.18. The van der Waals surface area contributed by atoms with Crippen LogP contribution in [0.3, 0.4) is 0 Å². The molecule has 0 spiro atoms. The van der Waals surface area contributed by atoms with Gasteiger partial charge in [0.05, 0.1) is 7.11 Å². The van der Waals surface area contributed by atoms with Crippen LogP contribution < -0.4 is 9.47 Å². The van der Waals surface area contributed by atoms with Gasteiger partial charge < -0.3 is 9.47 Å². The van der Waals surface area contributed by atoms with Crippen molar-refractivity contribution in [2.45, 2.75) is 20.8 Å². The summed E-state index contributed by atoms with van der Waals surface area (Å²) in [5, 5.41) is 0. The van der Waals surface area contributed by atoms with E-state index in [0.717, 1.165) is 17.1 Å². The standard InChI is InChI=1S/C14H18O2/c1-14(2,3)11-7-10-8-12(15-4)5-6-13(10)16-9-11/h5-8H,9H2,1-4H3. The molecule has 0 aliphatic carbocycles. The number of hydrogen-bond donors (Lipinski definition) is 0. The van der Waals surface area contributed by atoms with Crippen LogP contribution >= 0.6 is 0 Å². The number of benzene rings is 1. The van der Waals surface area contributed by atoms with Crippen molar-refractivity contribution in [1.29, 1.82) is 0 Å². The highest BCUT2D eigenvalue weighted by atomic mass is 16.5. The minimum atomic E-state index is 0.154. The third kappa shape index (κ3) is 2.06. The SMILES string of the molecule is COc1ccc2c(c1)C=C(C(C)(C)C)CO2. The van der Waals surface area contributed by atoms with Gasteiger partial charge in [-0.25, -0.2) is 0 Å². The first-order valence-corrected chi connectivity index (χ1v) is 5.52. The van der Waals surface area contributed by atoms with E-state index in [2.05, 4.69) is 26.8 Å². The van der Waals surface area contributed by atoms with Crippen LogP contribution in [0.15, 0.2) is 23.8 Å². The third-order valence-electron chi connectivity index (χ3n) is 2.89. The molecule has 0 aromatic heterocycles. The summed E-state index contributed by atoms with van der Waals surface area (Å²) in [4.78, 5) is 0. The van der Waals surface area contributed by atoms with Crippen LogP contribution in [0.2, 0.25) is 0 Å². The van der Waals surface area contributed by atoms with Gasteiger partial charge in [-0.2, -0.15) is 0 Å². The Morgan fingerprint density at radius 2 is 2.00 bits per heavy atom. The second-order valence-corrected chi connectivity index (χ2v) is 5.11. The number of methoxy groups -OCH3 is 1. The van der Waals surface area contributed by atoms with E-state index in [1.54, 1.807) is 7.11 Å². The smallest absolute Gasteiger partial charge is 0.127 e. The van der Waals surface area contributed by atoms with Crippen molar-refractivity contribution < 1.29 is 9.47 Å². The Morgan fingerprint density at radius 1 is 1.25 bits per heavy atom. The highest BCUT2D eigenvalue weighted by molar-refractivity contribution is 5.64. The molecule has 0 N–H and O–H groups in total. The molecule has 1 aromatic rings. The largest absolute Gasteiger partial charge is 0.497 e. The summed E-state index contributed by atoms with van der Waals surface area (Å²) in [6.07, 6.45) is 2.21. The van der Waals surface area contributed by atoms with Crippen molar-refractivity contribution in [2.24, 2.45) is 5.41 Å². The van der Waals surface area contributed by atoms with Gasteiger partial charge in [-0.05, 0) is 35.3 Å². The summed E-state index contributed by atoms with van der Waals surface area (Å²) < 4.78 is 11.0.